The van der Waals surface area contributed by atoms with E-state index in [1.165, 1.54) is 0 Å². The second-order valence-corrected chi connectivity index (χ2v) is 4.60. The number of methoxy groups -OCH3 is 1. The van der Waals surface area contributed by atoms with Crippen LogP contribution in [-0.2, 0) is 14.2 Å². The van der Waals surface area contributed by atoms with Crippen molar-refractivity contribution in [2.45, 2.75) is 6.42 Å². The third kappa shape index (κ3) is 4.21. The summed E-state index contributed by atoms with van der Waals surface area (Å²) < 4.78 is 15.4. The molecule has 2 rings (SSSR count). The van der Waals surface area contributed by atoms with E-state index in [4.69, 9.17) is 19.9 Å². The molecule has 1 heterocycles. The number of nitrogens with one attached hydrogen (secondary N) is 1. The van der Waals surface area contributed by atoms with Crippen LogP contribution in [0.4, 0.5) is 5.69 Å². The molecule has 114 valence electrons. The number of aromatic amines is 1. The average Bonchev–Trinajstić information content (AvgIpc) is 2.89. The monoisotopic (exact) mass is 292 g/mol. The number of esters is 1. The summed E-state index contributed by atoms with van der Waals surface area (Å²) in [5, 5.41) is 0.811. The first kappa shape index (κ1) is 15.3. The molecule has 0 aliphatic carbocycles. The van der Waals surface area contributed by atoms with Gasteiger partial charge in [0.1, 0.15) is 0 Å². The summed E-state index contributed by atoms with van der Waals surface area (Å²) in [6.07, 6.45) is 2.30. The van der Waals surface area contributed by atoms with Gasteiger partial charge in [-0.1, -0.05) is 0 Å². The minimum Gasteiger partial charge on any atom is -0.462 e. The fourth-order valence-corrected chi connectivity index (χ4v) is 1.96. The first-order valence-corrected chi connectivity index (χ1v) is 6.83. The molecule has 0 saturated heterocycles. The van der Waals surface area contributed by atoms with Crippen molar-refractivity contribution in [1.82, 2.24) is 4.98 Å². The van der Waals surface area contributed by atoms with Gasteiger partial charge in [0.05, 0.1) is 25.4 Å². The summed E-state index contributed by atoms with van der Waals surface area (Å²) in [6, 6.07) is 5.36. The zero-order valence-corrected chi connectivity index (χ0v) is 12.1. The van der Waals surface area contributed by atoms with E-state index in [9.17, 15) is 4.79 Å². The minimum atomic E-state index is -0.345. The van der Waals surface area contributed by atoms with E-state index in [-0.39, 0.29) is 5.97 Å². The maximum atomic E-state index is 12.0. The summed E-state index contributed by atoms with van der Waals surface area (Å²) in [5.41, 5.74) is 7.69. The molecule has 21 heavy (non-hydrogen) atoms. The predicted molar refractivity (Wildman–Crippen MR) is 80.3 cm³/mol. The Morgan fingerprint density at radius 3 is 2.90 bits per heavy atom. The SMILES string of the molecule is COCCOCCCOC(=O)c1c[nH]c2cc(N)ccc12. The van der Waals surface area contributed by atoms with Crippen molar-refractivity contribution in [3.05, 3.63) is 30.0 Å². The highest BCUT2D eigenvalue weighted by Crippen LogP contribution is 2.21. The average molecular weight is 292 g/mol. The van der Waals surface area contributed by atoms with Gasteiger partial charge in [0.15, 0.2) is 0 Å². The van der Waals surface area contributed by atoms with Crippen molar-refractivity contribution in [1.29, 1.82) is 0 Å². The lowest BCUT2D eigenvalue weighted by molar-refractivity contribution is 0.0387. The van der Waals surface area contributed by atoms with Crippen molar-refractivity contribution in [3.63, 3.8) is 0 Å². The number of ether oxygens (including phenoxy) is 3. The lowest BCUT2D eigenvalue weighted by atomic mass is 10.1. The fourth-order valence-electron chi connectivity index (χ4n) is 1.96. The van der Waals surface area contributed by atoms with Crippen molar-refractivity contribution in [2.24, 2.45) is 0 Å². The highest BCUT2D eigenvalue weighted by Gasteiger charge is 2.13. The molecular weight excluding hydrogens is 272 g/mol. The number of fused-ring (bicyclic) bond motifs is 1. The Labute approximate surface area is 123 Å². The molecule has 1 aromatic heterocycles. The molecule has 0 aliphatic rings. The highest BCUT2D eigenvalue weighted by atomic mass is 16.5. The molecule has 0 fully saturated rings. The number of H-pyrrole nitrogens is 1. The third-order valence-electron chi connectivity index (χ3n) is 3.02. The highest BCUT2D eigenvalue weighted by molar-refractivity contribution is 6.04. The van der Waals surface area contributed by atoms with Crippen LogP contribution in [0.3, 0.4) is 0 Å². The van der Waals surface area contributed by atoms with E-state index in [0.29, 0.717) is 44.1 Å². The summed E-state index contributed by atoms with van der Waals surface area (Å²) >= 11 is 0. The number of nitrogens with two attached hydrogens (primary N) is 1. The Morgan fingerprint density at radius 1 is 1.24 bits per heavy atom. The Hall–Kier alpha value is -2.05. The number of benzene rings is 1. The number of carbonyl (C=O) groups excluding carboxylic acids is 1. The van der Waals surface area contributed by atoms with E-state index in [1.54, 1.807) is 25.4 Å². The molecule has 3 N–H and O–H groups in total. The third-order valence-corrected chi connectivity index (χ3v) is 3.02. The van der Waals surface area contributed by atoms with Crippen LogP contribution in [0.25, 0.3) is 10.9 Å². The number of rotatable bonds is 8. The van der Waals surface area contributed by atoms with Crippen molar-refractivity contribution in [2.75, 3.05) is 39.3 Å². The maximum absolute atomic E-state index is 12.0. The summed E-state index contributed by atoms with van der Waals surface area (Å²) in [7, 11) is 1.62. The zero-order valence-electron chi connectivity index (χ0n) is 12.1. The lowest BCUT2D eigenvalue weighted by Gasteiger charge is -2.05. The molecule has 0 spiro atoms. The number of nitrogen functional groups attached to an aromatic ring is 1. The van der Waals surface area contributed by atoms with Crippen LogP contribution in [0, 0.1) is 0 Å². The van der Waals surface area contributed by atoms with E-state index in [1.807, 2.05) is 6.07 Å². The quantitative estimate of drug-likeness (QED) is 0.441. The Bertz CT molecular complexity index is 594. The van der Waals surface area contributed by atoms with E-state index >= 15 is 0 Å². The van der Waals surface area contributed by atoms with Gasteiger partial charge in [-0.2, -0.15) is 0 Å². The Kier molecular flexibility index (Phi) is 5.59. The lowest BCUT2D eigenvalue weighted by Crippen LogP contribution is -2.09. The minimum absolute atomic E-state index is 0.327. The first-order valence-electron chi connectivity index (χ1n) is 6.83. The molecule has 0 aliphatic heterocycles. The van der Waals surface area contributed by atoms with Crippen LogP contribution in [0.2, 0.25) is 0 Å². The van der Waals surface area contributed by atoms with E-state index in [2.05, 4.69) is 4.98 Å². The second-order valence-electron chi connectivity index (χ2n) is 4.60. The maximum Gasteiger partial charge on any atom is 0.340 e. The largest absolute Gasteiger partial charge is 0.462 e. The molecule has 6 nitrogen and oxygen atoms in total. The number of aromatic nitrogens is 1. The van der Waals surface area contributed by atoms with Gasteiger partial charge >= 0.3 is 5.97 Å². The molecule has 0 amide bonds. The smallest absolute Gasteiger partial charge is 0.340 e. The van der Waals surface area contributed by atoms with Crippen LogP contribution < -0.4 is 5.73 Å². The van der Waals surface area contributed by atoms with Crippen LogP contribution in [0.1, 0.15) is 16.8 Å². The number of carbonyl (C=O) groups is 1. The topological polar surface area (TPSA) is 86.6 Å². The molecule has 0 unspecified atom stereocenters. The zero-order chi connectivity index (χ0) is 15.1. The Balaban J connectivity index is 1.80. The van der Waals surface area contributed by atoms with Crippen LogP contribution in [0.15, 0.2) is 24.4 Å². The molecule has 0 bridgehead atoms. The molecule has 0 atom stereocenters. The van der Waals surface area contributed by atoms with Gasteiger partial charge in [-0.15, -0.1) is 0 Å². The van der Waals surface area contributed by atoms with Gasteiger partial charge in [-0.25, -0.2) is 4.79 Å². The van der Waals surface area contributed by atoms with Gasteiger partial charge in [-0.05, 0) is 18.2 Å². The molecule has 0 saturated carbocycles. The van der Waals surface area contributed by atoms with Gasteiger partial charge in [0, 0.05) is 42.9 Å². The Morgan fingerprint density at radius 2 is 2.10 bits per heavy atom. The van der Waals surface area contributed by atoms with Gasteiger partial charge in [0.2, 0.25) is 0 Å². The summed E-state index contributed by atoms with van der Waals surface area (Å²) in [4.78, 5) is 15.0. The predicted octanol–water partition coefficient (Wildman–Crippen LogP) is 1.96. The van der Waals surface area contributed by atoms with Crippen LogP contribution in [-0.4, -0.2) is 44.5 Å². The van der Waals surface area contributed by atoms with Gasteiger partial charge in [0.25, 0.3) is 0 Å². The molecular formula is C15H20N2O4. The first-order chi connectivity index (χ1) is 10.2. The van der Waals surface area contributed by atoms with E-state index in [0.717, 1.165) is 10.9 Å². The summed E-state index contributed by atoms with van der Waals surface area (Å²) in [6.45, 7) is 1.99. The normalized spacial score (nSPS) is 10.9. The molecule has 0 radical (unpaired) electrons. The fraction of sp³-hybridized carbons (Fsp3) is 0.400. The van der Waals surface area contributed by atoms with Crippen molar-refractivity contribution in [3.8, 4) is 0 Å². The number of hydrogen-bond acceptors (Lipinski definition) is 5. The second kappa shape index (κ2) is 7.66. The standard InChI is InChI=1S/C15H20N2O4/c1-19-7-8-20-5-2-6-21-15(18)13-10-17-14-9-11(16)3-4-12(13)14/h3-4,9-10,17H,2,5-8,16H2,1H3. The van der Waals surface area contributed by atoms with E-state index < -0.39 is 0 Å². The number of anilines is 1. The summed E-state index contributed by atoms with van der Waals surface area (Å²) in [5.74, 6) is -0.345. The number of hydrogen-bond donors (Lipinski definition) is 2. The molecule has 1 aromatic carbocycles. The van der Waals surface area contributed by atoms with Crippen molar-refractivity contribution >= 4 is 22.6 Å². The molecule has 6 heteroatoms. The van der Waals surface area contributed by atoms with Gasteiger partial charge < -0.3 is 24.9 Å². The van der Waals surface area contributed by atoms with Crippen LogP contribution in [0.5, 0.6) is 0 Å². The van der Waals surface area contributed by atoms with Gasteiger partial charge in [-0.3, -0.25) is 0 Å². The molecule has 2 aromatic rings. The van der Waals surface area contributed by atoms with Crippen LogP contribution >= 0.6 is 0 Å². The van der Waals surface area contributed by atoms with Crippen molar-refractivity contribution < 1.29 is 19.0 Å².